The second kappa shape index (κ2) is 9.89. The molecule has 11 aromatic rings. The van der Waals surface area contributed by atoms with E-state index < -0.39 is 0 Å². The van der Waals surface area contributed by atoms with Crippen molar-refractivity contribution in [3.63, 3.8) is 0 Å². The maximum Gasteiger partial charge on any atom is 0.223 e. The van der Waals surface area contributed by atoms with Crippen LogP contribution in [0.15, 0.2) is 164 Å². The monoisotopic (exact) mass is 625 g/mol. The van der Waals surface area contributed by atoms with E-state index in [0.717, 1.165) is 55.7 Å². The van der Waals surface area contributed by atoms with Crippen LogP contribution < -0.4 is 0 Å². The number of para-hydroxylation sites is 4. The molecule has 49 heavy (non-hydrogen) atoms. The first-order valence-corrected chi connectivity index (χ1v) is 16.6. The molecule has 0 bridgehead atoms. The highest BCUT2D eigenvalue weighted by atomic mass is 15.3. The molecule has 5 heteroatoms. The first-order chi connectivity index (χ1) is 24.3. The van der Waals surface area contributed by atoms with Crippen LogP contribution in [0.25, 0.3) is 94.7 Å². The van der Waals surface area contributed by atoms with E-state index in [1.54, 1.807) is 0 Å². The van der Waals surface area contributed by atoms with Crippen molar-refractivity contribution < 1.29 is 0 Å². The van der Waals surface area contributed by atoms with Gasteiger partial charge in [0.05, 0.1) is 33.1 Å². The number of nitrogens with zero attached hydrogens (tertiary/aromatic N) is 5. The van der Waals surface area contributed by atoms with Crippen molar-refractivity contribution in [2.75, 3.05) is 0 Å². The highest BCUT2D eigenvalue weighted by Gasteiger charge is 2.26. The average molecular weight is 626 g/mol. The maximum atomic E-state index is 5.18. The number of imidazole rings is 4. The van der Waals surface area contributed by atoms with Crippen molar-refractivity contribution in [2.45, 2.75) is 0 Å². The van der Waals surface area contributed by atoms with Gasteiger partial charge in [-0.2, -0.15) is 0 Å². The van der Waals surface area contributed by atoms with Crippen LogP contribution in [0.4, 0.5) is 0 Å². The molecule has 0 atom stereocenters. The van der Waals surface area contributed by atoms with Crippen molar-refractivity contribution >= 4 is 50.2 Å². The zero-order valence-electron chi connectivity index (χ0n) is 26.3. The molecule has 0 spiro atoms. The van der Waals surface area contributed by atoms with Gasteiger partial charge in [0, 0.05) is 0 Å². The summed E-state index contributed by atoms with van der Waals surface area (Å²) in [6.45, 7) is 0. The van der Waals surface area contributed by atoms with Crippen molar-refractivity contribution in [1.29, 1.82) is 0 Å². The first kappa shape index (κ1) is 26.4. The van der Waals surface area contributed by atoms with Gasteiger partial charge in [0.2, 0.25) is 11.6 Å². The summed E-state index contributed by atoms with van der Waals surface area (Å²) >= 11 is 0. The van der Waals surface area contributed by atoms with Crippen molar-refractivity contribution in [3.05, 3.63) is 164 Å². The number of hydrogen-bond acceptors (Lipinski definition) is 2. The standard InChI is InChI=1S/C44H27N5/c1-4-14-28(15-5-1)31-24-33(29-16-6-2-7-17-29)41(34(25-31)30-18-8-3-9-19-30)32-26-39-42-40(27-32)48-38-23-13-11-21-36(38)46-44(48)49(42)43-45-35-20-10-12-22-37(35)47(39)43/h1-27H. The van der Waals surface area contributed by atoms with Crippen LogP contribution in [-0.2, 0) is 0 Å². The predicted octanol–water partition coefficient (Wildman–Crippen LogP) is 10.8. The minimum absolute atomic E-state index is 0.870. The predicted molar refractivity (Wildman–Crippen MR) is 200 cm³/mol. The quantitative estimate of drug-likeness (QED) is 0.195. The number of hydrogen-bond donors (Lipinski definition) is 0. The van der Waals surface area contributed by atoms with Gasteiger partial charge < -0.3 is 0 Å². The van der Waals surface area contributed by atoms with E-state index in [1.165, 1.54) is 38.9 Å². The lowest BCUT2D eigenvalue weighted by Crippen LogP contribution is -1.94. The Bertz CT molecular complexity index is 2840. The van der Waals surface area contributed by atoms with Gasteiger partial charge in [-0.3, -0.25) is 8.80 Å². The van der Waals surface area contributed by atoms with Crippen LogP contribution in [0.2, 0.25) is 0 Å². The molecular weight excluding hydrogens is 599 g/mol. The Morgan fingerprint density at radius 1 is 0.327 bits per heavy atom. The molecule has 0 aliphatic heterocycles. The number of rotatable bonds is 4. The molecule has 5 nitrogen and oxygen atoms in total. The molecule has 0 unspecified atom stereocenters. The van der Waals surface area contributed by atoms with Crippen molar-refractivity contribution in [2.24, 2.45) is 0 Å². The summed E-state index contributed by atoms with van der Waals surface area (Å²) in [7, 11) is 0. The van der Waals surface area contributed by atoms with E-state index in [2.05, 4.69) is 177 Å². The molecular formula is C44H27N5. The Labute approximate surface area is 280 Å². The molecule has 0 N–H and O–H groups in total. The Hall–Kier alpha value is -6.72. The Balaban J connectivity index is 1.35. The molecule has 11 rings (SSSR count). The van der Waals surface area contributed by atoms with Gasteiger partial charge in [-0.25, -0.2) is 14.4 Å². The fraction of sp³-hybridized carbons (Fsp3) is 0. The molecule has 228 valence electrons. The molecule has 0 amide bonds. The third-order valence-electron chi connectivity index (χ3n) is 9.97. The average Bonchev–Trinajstić information content (AvgIpc) is 3.90. The highest BCUT2D eigenvalue weighted by Crippen LogP contribution is 2.46. The number of aromatic nitrogens is 5. The van der Waals surface area contributed by atoms with Gasteiger partial charge in [-0.05, 0) is 93.0 Å². The molecule has 0 saturated heterocycles. The normalized spacial score (nSPS) is 12.1. The van der Waals surface area contributed by atoms with Crippen LogP contribution in [0.5, 0.6) is 0 Å². The third-order valence-corrected chi connectivity index (χ3v) is 9.97. The van der Waals surface area contributed by atoms with E-state index in [0.29, 0.717) is 0 Å². The minimum Gasteiger partial charge on any atom is -0.276 e. The topological polar surface area (TPSA) is 39.0 Å². The van der Waals surface area contributed by atoms with E-state index in [9.17, 15) is 0 Å². The second-order valence-corrected chi connectivity index (χ2v) is 12.7. The van der Waals surface area contributed by atoms with Crippen molar-refractivity contribution in [3.8, 4) is 44.5 Å². The highest BCUT2D eigenvalue weighted by molar-refractivity contribution is 6.08. The smallest absolute Gasteiger partial charge is 0.223 e. The van der Waals surface area contributed by atoms with E-state index in [1.807, 2.05) is 0 Å². The summed E-state index contributed by atoms with van der Waals surface area (Å²) in [4.78, 5) is 10.4. The number of benzene rings is 7. The zero-order valence-corrected chi connectivity index (χ0v) is 26.3. The fourth-order valence-electron chi connectivity index (χ4n) is 7.85. The molecule has 7 aromatic carbocycles. The summed E-state index contributed by atoms with van der Waals surface area (Å²) in [6, 6.07) is 58.5. The lowest BCUT2D eigenvalue weighted by atomic mass is 9.84. The zero-order chi connectivity index (χ0) is 32.1. The third kappa shape index (κ3) is 3.70. The minimum atomic E-state index is 0.870. The van der Waals surface area contributed by atoms with Crippen molar-refractivity contribution in [1.82, 2.24) is 23.2 Å². The second-order valence-electron chi connectivity index (χ2n) is 12.7. The molecule has 0 saturated carbocycles. The molecule has 0 aliphatic rings. The first-order valence-electron chi connectivity index (χ1n) is 16.6. The Morgan fingerprint density at radius 2 is 0.755 bits per heavy atom. The van der Waals surface area contributed by atoms with Crippen LogP contribution >= 0.6 is 0 Å². The lowest BCUT2D eigenvalue weighted by Gasteiger charge is -2.19. The molecule has 4 heterocycles. The van der Waals surface area contributed by atoms with Gasteiger partial charge in [-0.15, -0.1) is 0 Å². The summed E-state index contributed by atoms with van der Waals surface area (Å²) in [5, 5.41) is 0. The van der Waals surface area contributed by atoms with Gasteiger partial charge in [0.25, 0.3) is 0 Å². The largest absolute Gasteiger partial charge is 0.276 e. The van der Waals surface area contributed by atoms with Gasteiger partial charge in [-0.1, -0.05) is 115 Å². The molecule has 0 radical (unpaired) electrons. The van der Waals surface area contributed by atoms with Crippen LogP contribution in [-0.4, -0.2) is 23.2 Å². The summed E-state index contributed by atoms with van der Waals surface area (Å²) in [5.41, 5.74) is 16.9. The molecule has 0 fully saturated rings. The van der Waals surface area contributed by atoms with Gasteiger partial charge >= 0.3 is 0 Å². The Morgan fingerprint density at radius 3 is 1.24 bits per heavy atom. The number of fused-ring (bicyclic) bond motifs is 10. The van der Waals surface area contributed by atoms with Crippen LogP contribution in [0, 0.1) is 0 Å². The van der Waals surface area contributed by atoms with Gasteiger partial charge in [0.15, 0.2) is 0 Å². The van der Waals surface area contributed by atoms with E-state index in [-0.39, 0.29) is 0 Å². The summed E-state index contributed by atoms with van der Waals surface area (Å²) < 4.78 is 6.86. The summed E-state index contributed by atoms with van der Waals surface area (Å²) in [6.07, 6.45) is 0. The van der Waals surface area contributed by atoms with E-state index >= 15 is 0 Å². The van der Waals surface area contributed by atoms with Gasteiger partial charge in [0.1, 0.15) is 5.52 Å². The molecule has 4 aromatic heterocycles. The fourth-order valence-corrected chi connectivity index (χ4v) is 7.85. The SMILES string of the molecule is c1ccc(-c2cc(-c3ccccc3)c(-c3cc4c5c(c3)n3c6ccccc6nc3n5c3nc5ccccc5n43)c(-c3ccccc3)c2)cc1. The molecule has 0 aliphatic carbocycles. The summed E-state index contributed by atoms with van der Waals surface area (Å²) in [5.74, 6) is 1.74. The Kier molecular flexibility index (Phi) is 5.32. The lowest BCUT2D eigenvalue weighted by molar-refractivity contribution is 1.15. The van der Waals surface area contributed by atoms with Crippen LogP contribution in [0.1, 0.15) is 0 Å². The van der Waals surface area contributed by atoms with E-state index in [4.69, 9.17) is 9.97 Å². The van der Waals surface area contributed by atoms with Crippen LogP contribution in [0.3, 0.4) is 0 Å². The maximum absolute atomic E-state index is 5.18.